The van der Waals surface area contributed by atoms with Gasteiger partial charge in [0.05, 0.1) is 5.69 Å². The summed E-state index contributed by atoms with van der Waals surface area (Å²) in [7, 11) is 0. The molecule has 0 saturated heterocycles. The number of aromatic nitrogens is 2. The van der Waals surface area contributed by atoms with Gasteiger partial charge in [-0.25, -0.2) is 4.98 Å². The molecule has 3 rings (SSSR count). The standard InChI is InChI=1S/C16H25N3O/c1-2-14-13(9-10-17)16(20-12-5-3-4-6-12)19-15(18-14)11-7-8-11/h11-12H,2-10,17H2,1H3. The molecule has 2 saturated carbocycles. The third kappa shape index (κ3) is 2.95. The van der Waals surface area contributed by atoms with Gasteiger partial charge in [-0.05, 0) is 57.9 Å². The van der Waals surface area contributed by atoms with E-state index >= 15 is 0 Å². The third-order valence-electron chi connectivity index (χ3n) is 4.32. The van der Waals surface area contributed by atoms with Crippen LogP contribution in [0.25, 0.3) is 0 Å². The number of hydrogen-bond donors (Lipinski definition) is 1. The van der Waals surface area contributed by atoms with Crippen LogP contribution in [0.5, 0.6) is 5.88 Å². The third-order valence-corrected chi connectivity index (χ3v) is 4.32. The minimum atomic E-state index is 0.346. The van der Waals surface area contributed by atoms with Gasteiger partial charge in [-0.1, -0.05) is 6.92 Å². The lowest BCUT2D eigenvalue weighted by Gasteiger charge is -2.18. The molecule has 1 aromatic rings. The number of nitrogens with zero attached hydrogens (tertiary/aromatic N) is 2. The minimum Gasteiger partial charge on any atom is -0.474 e. The Morgan fingerprint density at radius 3 is 2.50 bits per heavy atom. The summed E-state index contributed by atoms with van der Waals surface area (Å²) in [6.45, 7) is 2.78. The second-order valence-corrected chi connectivity index (χ2v) is 6.00. The van der Waals surface area contributed by atoms with Gasteiger partial charge in [0.1, 0.15) is 11.9 Å². The summed E-state index contributed by atoms with van der Waals surface area (Å²) < 4.78 is 6.21. The molecule has 0 bridgehead atoms. The van der Waals surface area contributed by atoms with Crippen LogP contribution in [0.2, 0.25) is 0 Å². The summed E-state index contributed by atoms with van der Waals surface area (Å²) in [5, 5.41) is 0. The van der Waals surface area contributed by atoms with E-state index in [0.717, 1.165) is 48.6 Å². The van der Waals surface area contributed by atoms with Crippen LogP contribution < -0.4 is 10.5 Å². The molecule has 20 heavy (non-hydrogen) atoms. The molecule has 0 unspecified atom stereocenters. The van der Waals surface area contributed by atoms with Gasteiger partial charge in [0.2, 0.25) is 5.88 Å². The Morgan fingerprint density at radius 1 is 1.15 bits per heavy atom. The van der Waals surface area contributed by atoms with Crippen LogP contribution in [0, 0.1) is 0 Å². The van der Waals surface area contributed by atoms with Crippen molar-refractivity contribution in [2.75, 3.05) is 6.54 Å². The van der Waals surface area contributed by atoms with Crippen LogP contribution in [0.15, 0.2) is 0 Å². The second kappa shape index (κ2) is 6.08. The highest BCUT2D eigenvalue weighted by Crippen LogP contribution is 2.39. The molecule has 2 aliphatic carbocycles. The predicted molar refractivity (Wildman–Crippen MR) is 79.0 cm³/mol. The van der Waals surface area contributed by atoms with Gasteiger partial charge in [-0.15, -0.1) is 0 Å². The van der Waals surface area contributed by atoms with E-state index in [4.69, 9.17) is 20.4 Å². The molecule has 1 aromatic heterocycles. The Labute approximate surface area is 121 Å². The molecule has 110 valence electrons. The van der Waals surface area contributed by atoms with Gasteiger partial charge < -0.3 is 10.5 Å². The van der Waals surface area contributed by atoms with Gasteiger partial charge in [0.15, 0.2) is 0 Å². The zero-order valence-corrected chi connectivity index (χ0v) is 12.4. The van der Waals surface area contributed by atoms with E-state index < -0.39 is 0 Å². The number of nitrogens with two attached hydrogens (primary N) is 1. The van der Waals surface area contributed by atoms with Crippen molar-refractivity contribution < 1.29 is 4.74 Å². The summed E-state index contributed by atoms with van der Waals surface area (Å²) in [5.74, 6) is 2.39. The van der Waals surface area contributed by atoms with Crippen molar-refractivity contribution in [3.63, 3.8) is 0 Å². The van der Waals surface area contributed by atoms with Gasteiger partial charge in [-0.2, -0.15) is 4.98 Å². The van der Waals surface area contributed by atoms with Gasteiger partial charge in [0, 0.05) is 11.5 Å². The van der Waals surface area contributed by atoms with Crippen molar-refractivity contribution in [3.05, 3.63) is 17.1 Å². The number of hydrogen-bond acceptors (Lipinski definition) is 4. The number of rotatable bonds is 6. The van der Waals surface area contributed by atoms with E-state index in [0.29, 0.717) is 18.6 Å². The first-order chi connectivity index (χ1) is 9.81. The second-order valence-electron chi connectivity index (χ2n) is 6.00. The van der Waals surface area contributed by atoms with Gasteiger partial charge >= 0.3 is 0 Å². The quantitative estimate of drug-likeness (QED) is 0.867. The molecule has 0 radical (unpaired) electrons. The van der Waals surface area contributed by atoms with Crippen LogP contribution in [-0.2, 0) is 12.8 Å². The molecule has 2 aliphatic rings. The van der Waals surface area contributed by atoms with Crippen LogP contribution in [0.3, 0.4) is 0 Å². The first-order valence-electron chi connectivity index (χ1n) is 8.08. The molecule has 4 heteroatoms. The molecular weight excluding hydrogens is 250 g/mol. The molecule has 4 nitrogen and oxygen atoms in total. The summed E-state index contributed by atoms with van der Waals surface area (Å²) in [6, 6.07) is 0. The number of aryl methyl sites for hydroxylation is 1. The average Bonchev–Trinajstić information content (AvgIpc) is 3.19. The normalized spacial score (nSPS) is 19.5. The Kier molecular flexibility index (Phi) is 4.20. The number of ether oxygens (including phenoxy) is 1. The largest absolute Gasteiger partial charge is 0.474 e. The summed E-state index contributed by atoms with van der Waals surface area (Å²) >= 11 is 0. The van der Waals surface area contributed by atoms with E-state index in [-0.39, 0.29) is 0 Å². The highest BCUT2D eigenvalue weighted by atomic mass is 16.5. The maximum Gasteiger partial charge on any atom is 0.220 e. The average molecular weight is 275 g/mol. The van der Waals surface area contributed by atoms with Crippen LogP contribution in [-0.4, -0.2) is 22.6 Å². The van der Waals surface area contributed by atoms with Crippen LogP contribution in [0.1, 0.15) is 68.4 Å². The topological polar surface area (TPSA) is 61.0 Å². The Morgan fingerprint density at radius 2 is 1.90 bits per heavy atom. The van der Waals surface area contributed by atoms with Crippen molar-refractivity contribution in [2.24, 2.45) is 5.73 Å². The van der Waals surface area contributed by atoms with Crippen LogP contribution in [0.4, 0.5) is 0 Å². The smallest absolute Gasteiger partial charge is 0.220 e. The Balaban J connectivity index is 1.91. The van der Waals surface area contributed by atoms with E-state index in [1.165, 1.54) is 25.7 Å². The summed E-state index contributed by atoms with van der Waals surface area (Å²) in [4.78, 5) is 9.50. The van der Waals surface area contributed by atoms with Gasteiger partial charge in [-0.3, -0.25) is 0 Å². The fourth-order valence-electron chi connectivity index (χ4n) is 3.00. The molecule has 0 spiro atoms. The maximum atomic E-state index is 6.21. The lowest BCUT2D eigenvalue weighted by atomic mass is 10.1. The Bertz CT molecular complexity index is 465. The monoisotopic (exact) mass is 275 g/mol. The minimum absolute atomic E-state index is 0.346. The lowest BCUT2D eigenvalue weighted by Crippen LogP contribution is -2.17. The molecule has 0 atom stereocenters. The molecule has 2 N–H and O–H groups in total. The van der Waals surface area contributed by atoms with E-state index in [1.807, 2.05) is 0 Å². The van der Waals surface area contributed by atoms with E-state index in [9.17, 15) is 0 Å². The molecule has 1 heterocycles. The summed E-state index contributed by atoms with van der Waals surface area (Å²) in [6.07, 6.45) is 9.41. The molecule has 0 aliphatic heterocycles. The van der Waals surface area contributed by atoms with Crippen molar-refractivity contribution in [3.8, 4) is 5.88 Å². The van der Waals surface area contributed by atoms with Crippen molar-refractivity contribution >= 4 is 0 Å². The predicted octanol–water partition coefficient (Wildman–Crippen LogP) is 2.74. The van der Waals surface area contributed by atoms with E-state index in [2.05, 4.69) is 6.92 Å². The first kappa shape index (κ1) is 13.8. The zero-order chi connectivity index (χ0) is 13.9. The fraction of sp³-hybridized carbons (Fsp3) is 0.750. The van der Waals surface area contributed by atoms with Crippen molar-refractivity contribution in [1.29, 1.82) is 0 Å². The zero-order valence-electron chi connectivity index (χ0n) is 12.4. The molecular formula is C16H25N3O. The lowest BCUT2D eigenvalue weighted by molar-refractivity contribution is 0.198. The van der Waals surface area contributed by atoms with E-state index in [1.54, 1.807) is 0 Å². The SMILES string of the molecule is CCc1nc(C2CC2)nc(OC2CCCC2)c1CCN. The van der Waals surface area contributed by atoms with Gasteiger partial charge in [0.25, 0.3) is 0 Å². The van der Waals surface area contributed by atoms with Crippen molar-refractivity contribution in [2.45, 2.75) is 70.3 Å². The Hall–Kier alpha value is -1.16. The molecule has 0 amide bonds. The first-order valence-corrected chi connectivity index (χ1v) is 8.08. The highest BCUT2D eigenvalue weighted by Gasteiger charge is 2.29. The van der Waals surface area contributed by atoms with Crippen LogP contribution >= 0.6 is 0 Å². The maximum absolute atomic E-state index is 6.21. The molecule has 2 fully saturated rings. The summed E-state index contributed by atoms with van der Waals surface area (Å²) in [5.41, 5.74) is 8.04. The van der Waals surface area contributed by atoms with Crippen molar-refractivity contribution in [1.82, 2.24) is 9.97 Å². The highest BCUT2D eigenvalue weighted by molar-refractivity contribution is 5.33. The fourth-order valence-corrected chi connectivity index (χ4v) is 3.00. The molecule has 0 aromatic carbocycles.